The molecule has 10 nitrogen and oxygen atoms in total. The van der Waals surface area contributed by atoms with Crippen LogP contribution in [0.1, 0.15) is 53.4 Å². The van der Waals surface area contributed by atoms with Gasteiger partial charge >= 0.3 is 7.12 Å². The summed E-state index contributed by atoms with van der Waals surface area (Å²) in [6.07, 6.45) is 5.96. The van der Waals surface area contributed by atoms with Gasteiger partial charge in [0.2, 0.25) is 0 Å². The Morgan fingerprint density at radius 2 is 1.20 bits per heavy atom. The first-order chi connectivity index (χ1) is 23.3. The Hall–Kier alpha value is -3.44. The number of aromatic nitrogens is 2. The van der Waals surface area contributed by atoms with Gasteiger partial charge < -0.3 is 20.8 Å². The molecule has 0 radical (unpaired) electrons. The highest BCUT2D eigenvalue weighted by Gasteiger charge is 2.52. The molecule has 2 saturated carbocycles. The van der Waals surface area contributed by atoms with Crippen LogP contribution in [-0.2, 0) is 29.0 Å². The summed E-state index contributed by atoms with van der Waals surface area (Å²) < 4.78 is 86.9. The number of pyridine rings is 2. The van der Waals surface area contributed by atoms with E-state index < -0.39 is 49.6 Å². The third-order valence-corrected chi connectivity index (χ3v) is 13.8. The highest BCUT2D eigenvalue weighted by atomic mass is 79.9. The maximum absolute atomic E-state index is 13.4. The average molecular weight is 792 g/mol. The first-order valence-corrected chi connectivity index (χ1v) is 19.7. The minimum atomic E-state index is -3.25. The zero-order valence-corrected chi connectivity index (χ0v) is 31.2. The van der Waals surface area contributed by atoms with Crippen LogP contribution in [0, 0.1) is 11.6 Å². The Bertz CT molecular complexity index is 2100. The monoisotopic (exact) mass is 790 g/mol. The molecule has 4 aromatic rings. The van der Waals surface area contributed by atoms with Crippen LogP contribution in [0.3, 0.4) is 0 Å². The number of anilines is 2. The maximum atomic E-state index is 13.4. The second-order valence-corrected chi connectivity index (χ2v) is 18.7. The number of benzene rings is 2. The second-order valence-electron chi connectivity index (χ2n) is 13.3. The van der Waals surface area contributed by atoms with E-state index >= 15 is 0 Å². The van der Waals surface area contributed by atoms with E-state index in [1.165, 1.54) is 24.5 Å². The average Bonchev–Trinajstić information content (AvgIpc) is 3.97. The first kappa shape index (κ1) is 37.8. The molecule has 50 heavy (non-hydrogen) atoms. The molecule has 266 valence electrons. The molecule has 2 aromatic heterocycles. The SMILES string of the molecule is CC1(C)OB(c2cnc(N)c(F)c2)OC1(C)C.Nc1ncc(-c2cccc(S(=O)(=O)C3CC3)c2)cc1F.O=S(=O)(c1cccc(Br)c1)C1CC1. The van der Waals surface area contributed by atoms with E-state index in [4.69, 9.17) is 20.8 Å². The van der Waals surface area contributed by atoms with Crippen molar-refractivity contribution in [2.24, 2.45) is 0 Å². The van der Waals surface area contributed by atoms with Crippen molar-refractivity contribution in [3.05, 3.63) is 89.2 Å². The Morgan fingerprint density at radius 3 is 1.68 bits per heavy atom. The van der Waals surface area contributed by atoms with Gasteiger partial charge in [0.25, 0.3) is 0 Å². The predicted octanol–water partition coefficient (Wildman–Crippen LogP) is 5.89. The van der Waals surface area contributed by atoms with Crippen molar-refractivity contribution in [2.75, 3.05) is 11.5 Å². The third kappa shape index (κ3) is 8.53. The van der Waals surface area contributed by atoms with Crippen molar-refractivity contribution in [1.29, 1.82) is 0 Å². The lowest BCUT2D eigenvalue weighted by Gasteiger charge is -2.32. The van der Waals surface area contributed by atoms with Crippen LogP contribution in [0.5, 0.6) is 0 Å². The molecule has 3 aliphatic rings. The number of nitrogen functional groups attached to an aromatic ring is 2. The van der Waals surface area contributed by atoms with E-state index in [2.05, 4.69) is 25.9 Å². The molecule has 2 aromatic carbocycles. The summed E-state index contributed by atoms with van der Waals surface area (Å²) in [7, 11) is -6.88. The molecule has 0 spiro atoms. The molecule has 16 heteroatoms. The lowest BCUT2D eigenvalue weighted by atomic mass is 9.80. The molecule has 0 unspecified atom stereocenters. The van der Waals surface area contributed by atoms with Crippen LogP contribution < -0.4 is 16.9 Å². The Labute approximate surface area is 300 Å². The molecule has 3 heterocycles. The van der Waals surface area contributed by atoms with Gasteiger partial charge in [-0.3, -0.25) is 0 Å². The number of rotatable bonds is 6. The molecular weight excluding hydrogens is 753 g/mol. The quantitative estimate of drug-likeness (QED) is 0.225. The van der Waals surface area contributed by atoms with E-state index in [0.717, 1.165) is 17.3 Å². The van der Waals surface area contributed by atoms with Crippen LogP contribution in [0.25, 0.3) is 11.1 Å². The first-order valence-electron chi connectivity index (χ1n) is 15.8. The standard InChI is InChI=1S/C14H13FN2O2S.C11H16BFN2O2.C9H9BrO2S/c15-13-7-10(8-17-14(13)16)9-2-1-3-12(6-9)20(18,19)11-4-5-11;1-10(2)11(3,4)17-12(16-10)7-5-8(13)9(14)15-6-7;10-7-2-1-3-9(6-7)13(11,12)8-4-5-8/h1-3,6-8,11H,4-5H2,(H2,16,17);5-6H,1-4H3,(H2,14,15);1-3,6,8H,4-5H2. The minimum Gasteiger partial charge on any atom is -0.399 e. The summed E-state index contributed by atoms with van der Waals surface area (Å²) in [6, 6.07) is 15.9. The minimum absolute atomic E-state index is 0.120. The molecule has 7 rings (SSSR count). The van der Waals surface area contributed by atoms with Crippen LogP contribution in [0.4, 0.5) is 20.4 Å². The van der Waals surface area contributed by atoms with Gasteiger partial charge in [-0.1, -0.05) is 34.1 Å². The zero-order chi connectivity index (χ0) is 36.6. The number of halogens is 3. The summed E-state index contributed by atoms with van der Waals surface area (Å²) in [4.78, 5) is 8.22. The number of nitrogens with zero attached hydrogens (tertiary/aromatic N) is 2. The fourth-order valence-electron chi connectivity index (χ4n) is 4.82. The van der Waals surface area contributed by atoms with Gasteiger partial charge in [0.15, 0.2) is 42.9 Å². The fourth-order valence-corrected chi connectivity index (χ4v) is 8.77. The molecule has 0 atom stereocenters. The number of sulfone groups is 2. The van der Waals surface area contributed by atoms with Crippen molar-refractivity contribution >= 4 is 59.8 Å². The Morgan fingerprint density at radius 1 is 0.720 bits per heavy atom. The van der Waals surface area contributed by atoms with Crippen molar-refractivity contribution in [2.45, 2.75) is 84.9 Å². The zero-order valence-electron chi connectivity index (χ0n) is 27.9. The fraction of sp³-hybridized carbons (Fsp3) is 0.353. The lowest BCUT2D eigenvalue weighted by molar-refractivity contribution is 0.00578. The number of hydrogen-bond acceptors (Lipinski definition) is 10. The topological polar surface area (TPSA) is 165 Å². The summed E-state index contributed by atoms with van der Waals surface area (Å²) in [5.74, 6) is -1.46. The van der Waals surface area contributed by atoms with Crippen molar-refractivity contribution in [3.8, 4) is 11.1 Å². The van der Waals surface area contributed by atoms with Gasteiger partial charge in [-0.15, -0.1) is 0 Å². The summed E-state index contributed by atoms with van der Waals surface area (Å²) in [5.41, 5.74) is 11.4. The van der Waals surface area contributed by atoms with Gasteiger partial charge in [-0.25, -0.2) is 35.6 Å². The second kappa shape index (κ2) is 14.3. The molecule has 1 saturated heterocycles. The summed E-state index contributed by atoms with van der Waals surface area (Å²) >= 11 is 3.26. The Balaban J connectivity index is 0.000000149. The molecule has 2 aliphatic carbocycles. The summed E-state index contributed by atoms with van der Waals surface area (Å²) in [6.45, 7) is 7.75. The van der Waals surface area contributed by atoms with Crippen molar-refractivity contribution in [3.63, 3.8) is 0 Å². The molecule has 4 N–H and O–H groups in total. The molecule has 3 fully saturated rings. The van der Waals surface area contributed by atoms with E-state index in [1.807, 2.05) is 33.8 Å². The summed E-state index contributed by atoms with van der Waals surface area (Å²) in [5, 5.41) is -0.388. The highest BCUT2D eigenvalue weighted by Crippen LogP contribution is 2.37. The molecular formula is C34H38BBrF2N4O6S2. The lowest BCUT2D eigenvalue weighted by Crippen LogP contribution is -2.41. The van der Waals surface area contributed by atoms with Crippen molar-refractivity contribution in [1.82, 2.24) is 9.97 Å². The van der Waals surface area contributed by atoms with E-state index in [1.54, 1.807) is 42.5 Å². The van der Waals surface area contributed by atoms with Gasteiger partial charge in [0.05, 0.1) is 31.5 Å². The van der Waals surface area contributed by atoms with Crippen LogP contribution in [0.2, 0.25) is 0 Å². The third-order valence-electron chi connectivity index (χ3n) is 8.83. The number of hydrogen-bond donors (Lipinski definition) is 2. The predicted molar refractivity (Wildman–Crippen MR) is 193 cm³/mol. The van der Waals surface area contributed by atoms with Crippen LogP contribution in [0.15, 0.2) is 87.3 Å². The van der Waals surface area contributed by atoms with Crippen molar-refractivity contribution < 1.29 is 34.9 Å². The van der Waals surface area contributed by atoms with Gasteiger partial charge in [0, 0.05) is 27.9 Å². The van der Waals surface area contributed by atoms with Gasteiger partial charge in [-0.05, 0) is 101 Å². The van der Waals surface area contributed by atoms with Gasteiger partial charge in [-0.2, -0.15) is 0 Å². The largest absolute Gasteiger partial charge is 0.496 e. The molecule has 0 amide bonds. The normalized spacial score (nSPS) is 18.0. The maximum Gasteiger partial charge on any atom is 0.496 e. The Kier molecular flexibility index (Phi) is 10.8. The number of nitrogens with two attached hydrogens (primary N) is 2. The van der Waals surface area contributed by atoms with Crippen LogP contribution in [-0.4, -0.2) is 55.6 Å². The highest BCUT2D eigenvalue weighted by molar-refractivity contribution is 9.10. The van der Waals surface area contributed by atoms with E-state index in [-0.39, 0.29) is 27.0 Å². The molecule has 0 bridgehead atoms. The molecule has 1 aliphatic heterocycles. The smallest absolute Gasteiger partial charge is 0.399 e. The van der Waals surface area contributed by atoms with E-state index in [9.17, 15) is 25.6 Å². The van der Waals surface area contributed by atoms with E-state index in [0.29, 0.717) is 34.3 Å². The van der Waals surface area contributed by atoms with Gasteiger partial charge in [0.1, 0.15) is 0 Å². The van der Waals surface area contributed by atoms with Crippen LogP contribution >= 0.6 is 15.9 Å².